The summed E-state index contributed by atoms with van der Waals surface area (Å²) >= 11 is 12.0. The Hall–Kier alpha value is -2.04. The number of ether oxygens (including phenoxy) is 1. The first kappa shape index (κ1) is 19.3. The Balaban J connectivity index is 1.90. The smallest absolute Gasteiger partial charge is 0.311 e. The maximum atomic E-state index is 12.2. The third-order valence-electron chi connectivity index (χ3n) is 3.66. The third-order valence-corrected chi connectivity index (χ3v) is 4.22. The number of esters is 1. The number of nitrogens with one attached hydrogen (secondary N) is 1. The Morgan fingerprint density at radius 3 is 2.40 bits per heavy atom. The summed E-state index contributed by atoms with van der Waals surface area (Å²) in [6.45, 7) is 3.33. The Morgan fingerprint density at radius 1 is 1.08 bits per heavy atom. The number of halogens is 2. The summed E-state index contributed by atoms with van der Waals surface area (Å²) < 4.78 is 5.20. The summed E-state index contributed by atoms with van der Waals surface area (Å²) in [6.07, 6.45) is -0.776. The van der Waals surface area contributed by atoms with Crippen molar-refractivity contribution >= 4 is 35.1 Å². The molecule has 0 bridgehead atoms. The van der Waals surface area contributed by atoms with Gasteiger partial charge in [0.1, 0.15) is 0 Å². The molecular formula is C19H19Cl2NO3. The monoisotopic (exact) mass is 379 g/mol. The largest absolute Gasteiger partial charge is 0.452 e. The van der Waals surface area contributed by atoms with Gasteiger partial charge in [0.2, 0.25) is 0 Å². The van der Waals surface area contributed by atoms with Crippen molar-refractivity contribution in [2.75, 3.05) is 0 Å². The van der Waals surface area contributed by atoms with Crippen LogP contribution in [0.15, 0.2) is 48.5 Å². The molecule has 0 spiro atoms. The Kier molecular flexibility index (Phi) is 6.85. The lowest BCUT2D eigenvalue weighted by atomic mass is 10.1. The Labute approximate surface area is 157 Å². The molecule has 25 heavy (non-hydrogen) atoms. The highest BCUT2D eigenvalue weighted by atomic mass is 35.5. The maximum Gasteiger partial charge on any atom is 0.311 e. The van der Waals surface area contributed by atoms with Crippen LogP contribution < -0.4 is 5.32 Å². The molecule has 4 nitrogen and oxygen atoms in total. The van der Waals surface area contributed by atoms with E-state index in [0.29, 0.717) is 10.0 Å². The zero-order valence-corrected chi connectivity index (χ0v) is 15.5. The van der Waals surface area contributed by atoms with Crippen LogP contribution in [0.3, 0.4) is 0 Å². The minimum Gasteiger partial charge on any atom is -0.452 e. The second-order valence-corrected chi connectivity index (χ2v) is 6.53. The standard InChI is InChI=1S/C19H19Cl2NO3/c1-12(16-9-8-15(20)11-17(16)21)22-19(24)13(2)25-18(23)10-14-6-4-3-5-7-14/h3-9,11-13H,10H2,1-2H3,(H,22,24)/t12-,13+/m0/s1. The first-order valence-electron chi connectivity index (χ1n) is 7.85. The average Bonchev–Trinajstić information content (AvgIpc) is 2.55. The first-order chi connectivity index (χ1) is 11.9. The van der Waals surface area contributed by atoms with E-state index in [1.54, 1.807) is 25.1 Å². The normalized spacial score (nSPS) is 13.0. The molecule has 2 atom stereocenters. The summed E-state index contributed by atoms with van der Waals surface area (Å²) in [5, 5.41) is 3.77. The van der Waals surface area contributed by atoms with E-state index < -0.39 is 12.1 Å². The third kappa shape index (κ3) is 5.76. The molecule has 0 aliphatic carbocycles. The lowest BCUT2D eigenvalue weighted by molar-refractivity contribution is -0.154. The van der Waals surface area contributed by atoms with Crippen molar-refractivity contribution in [2.24, 2.45) is 0 Å². The topological polar surface area (TPSA) is 55.4 Å². The zero-order chi connectivity index (χ0) is 18.4. The summed E-state index contributed by atoms with van der Waals surface area (Å²) in [7, 11) is 0. The number of rotatable bonds is 6. The molecule has 132 valence electrons. The van der Waals surface area contributed by atoms with E-state index in [-0.39, 0.29) is 18.4 Å². The summed E-state index contributed by atoms with van der Waals surface area (Å²) in [5.74, 6) is -0.842. The number of hydrogen-bond donors (Lipinski definition) is 1. The van der Waals surface area contributed by atoms with E-state index in [9.17, 15) is 9.59 Å². The van der Waals surface area contributed by atoms with Crippen LogP contribution in [0.5, 0.6) is 0 Å². The fraction of sp³-hybridized carbons (Fsp3) is 0.263. The number of hydrogen-bond acceptors (Lipinski definition) is 3. The molecular weight excluding hydrogens is 361 g/mol. The molecule has 0 heterocycles. The van der Waals surface area contributed by atoms with Crippen LogP contribution >= 0.6 is 23.2 Å². The van der Waals surface area contributed by atoms with Gasteiger partial charge < -0.3 is 10.1 Å². The van der Waals surface area contributed by atoms with Crippen molar-refractivity contribution in [2.45, 2.75) is 32.4 Å². The average molecular weight is 380 g/mol. The van der Waals surface area contributed by atoms with Crippen molar-refractivity contribution in [3.63, 3.8) is 0 Å². The highest BCUT2D eigenvalue weighted by Crippen LogP contribution is 2.26. The summed E-state index contributed by atoms with van der Waals surface area (Å²) in [5.41, 5.74) is 1.57. The van der Waals surface area contributed by atoms with E-state index in [2.05, 4.69) is 5.32 Å². The summed E-state index contributed by atoms with van der Waals surface area (Å²) in [4.78, 5) is 24.2. The molecule has 0 saturated heterocycles. The molecule has 2 aromatic carbocycles. The van der Waals surface area contributed by atoms with Gasteiger partial charge in [-0.3, -0.25) is 9.59 Å². The van der Waals surface area contributed by atoms with Crippen molar-refractivity contribution < 1.29 is 14.3 Å². The number of amides is 1. The van der Waals surface area contributed by atoms with Crippen LogP contribution in [0.4, 0.5) is 0 Å². The summed E-state index contributed by atoms with van der Waals surface area (Å²) in [6, 6.07) is 13.9. The van der Waals surface area contributed by atoms with Gasteiger partial charge in [-0.15, -0.1) is 0 Å². The zero-order valence-electron chi connectivity index (χ0n) is 14.0. The van der Waals surface area contributed by atoms with Gasteiger partial charge in [0, 0.05) is 10.0 Å². The fourth-order valence-corrected chi connectivity index (χ4v) is 2.89. The van der Waals surface area contributed by atoms with Crippen LogP contribution in [0.25, 0.3) is 0 Å². The molecule has 0 aliphatic rings. The highest BCUT2D eigenvalue weighted by molar-refractivity contribution is 6.35. The van der Waals surface area contributed by atoms with E-state index in [1.807, 2.05) is 30.3 Å². The number of carbonyl (C=O) groups is 2. The minimum absolute atomic E-state index is 0.122. The molecule has 2 aromatic rings. The van der Waals surface area contributed by atoms with Crippen LogP contribution in [0.1, 0.15) is 31.0 Å². The first-order valence-corrected chi connectivity index (χ1v) is 8.61. The number of carbonyl (C=O) groups excluding carboxylic acids is 2. The van der Waals surface area contributed by atoms with E-state index >= 15 is 0 Å². The predicted octanol–water partition coefficient (Wildman–Crippen LogP) is 4.35. The van der Waals surface area contributed by atoms with Gasteiger partial charge in [0.05, 0.1) is 12.5 Å². The second kappa shape index (κ2) is 8.88. The highest BCUT2D eigenvalue weighted by Gasteiger charge is 2.21. The quantitative estimate of drug-likeness (QED) is 0.759. The van der Waals surface area contributed by atoms with Crippen molar-refractivity contribution in [1.82, 2.24) is 5.32 Å². The lowest BCUT2D eigenvalue weighted by Crippen LogP contribution is -2.37. The maximum absolute atomic E-state index is 12.2. The molecule has 2 rings (SSSR count). The molecule has 0 aromatic heterocycles. The molecule has 0 unspecified atom stereocenters. The molecule has 1 amide bonds. The van der Waals surface area contributed by atoms with E-state index in [1.165, 1.54) is 6.92 Å². The van der Waals surface area contributed by atoms with E-state index in [0.717, 1.165) is 11.1 Å². The molecule has 0 aliphatic heterocycles. The Bertz CT molecular complexity index is 750. The van der Waals surface area contributed by atoms with Crippen LogP contribution in [-0.4, -0.2) is 18.0 Å². The van der Waals surface area contributed by atoms with Crippen molar-refractivity contribution in [1.29, 1.82) is 0 Å². The van der Waals surface area contributed by atoms with Gasteiger partial charge in [-0.25, -0.2) is 0 Å². The van der Waals surface area contributed by atoms with Crippen molar-refractivity contribution in [3.05, 3.63) is 69.7 Å². The lowest BCUT2D eigenvalue weighted by Gasteiger charge is -2.19. The molecule has 1 N–H and O–H groups in total. The van der Waals surface area contributed by atoms with Gasteiger partial charge in [0.25, 0.3) is 5.91 Å². The van der Waals surface area contributed by atoms with Crippen molar-refractivity contribution in [3.8, 4) is 0 Å². The molecule has 0 saturated carbocycles. The van der Waals surface area contributed by atoms with Gasteiger partial charge in [-0.05, 0) is 37.1 Å². The minimum atomic E-state index is -0.898. The number of benzene rings is 2. The molecule has 0 fully saturated rings. The van der Waals surface area contributed by atoms with E-state index in [4.69, 9.17) is 27.9 Å². The van der Waals surface area contributed by atoms with Crippen LogP contribution in [-0.2, 0) is 20.7 Å². The van der Waals surface area contributed by atoms with Gasteiger partial charge in [0.15, 0.2) is 6.10 Å². The van der Waals surface area contributed by atoms with Crippen LogP contribution in [0, 0.1) is 0 Å². The Morgan fingerprint density at radius 2 is 1.76 bits per heavy atom. The van der Waals surface area contributed by atoms with Gasteiger partial charge >= 0.3 is 5.97 Å². The van der Waals surface area contributed by atoms with Crippen LogP contribution in [0.2, 0.25) is 10.0 Å². The molecule has 6 heteroatoms. The van der Waals surface area contributed by atoms with Gasteiger partial charge in [-0.2, -0.15) is 0 Å². The molecule has 0 radical (unpaired) electrons. The second-order valence-electron chi connectivity index (χ2n) is 5.69. The van der Waals surface area contributed by atoms with Gasteiger partial charge in [-0.1, -0.05) is 59.6 Å². The fourth-order valence-electron chi connectivity index (χ4n) is 2.32. The predicted molar refractivity (Wildman–Crippen MR) is 98.7 cm³/mol. The SMILES string of the molecule is C[C@H](NC(=O)[C@@H](C)OC(=O)Cc1ccccc1)c1ccc(Cl)cc1Cl.